The Balaban J connectivity index is 1.89. The van der Waals surface area contributed by atoms with E-state index in [1.54, 1.807) is 23.7 Å². The highest BCUT2D eigenvalue weighted by Crippen LogP contribution is 2.31. The first-order valence-electron chi connectivity index (χ1n) is 6.50. The van der Waals surface area contributed by atoms with Gasteiger partial charge in [-0.3, -0.25) is 4.79 Å². The van der Waals surface area contributed by atoms with Gasteiger partial charge >= 0.3 is 0 Å². The first-order chi connectivity index (χ1) is 11.0. The van der Waals surface area contributed by atoms with Crippen LogP contribution in [0.5, 0.6) is 0 Å². The van der Waals surface area contributed by atoms with Gasteiger partial charge in [0.25, 0.3) is 5.91 Å². The average Bonchev–Trinajstić information content (AvgIpc) is 2.98. The van der Waals surface area contributed by atoms with Crippen molar-refractivity contribution in [1.29, 1.82) is 0 Å². The van der Waals surface area contributed by atoms with Crippen LogP contribution in [0.4, 0.5) is 13.8 Å². The minimum atomic E-state index is -0.473. The molecule has 3 nitrogen and oxygen atoms in total. The molecule has 0 saturated carbocycles. The van der Waals surface area contributed by atoms with Gasteiger partial charge in [-0.15, -0.1) is 11.3 Å². The molecular weight excluding hydrogens is 433 g/mol. The van der Waals surface area contributed by atoms with Crippen LogP contribution in [0, 0.1) is 15.2 Å². The van der Waals surface area contributed by atoms with E-state index in [-0.39, 0.29) is 11.4 Å². The molecule has 0 aliphatic rings. The Morgan fingerprint density at radius 1 is 1.09 bits per heavy atom. The van der Waals surface area contributed by atoms with Crippen LogP contribution in [0.1, 0.15) is 10.4 Å². The number of hydrogen-bond acceptors (Lipinski definition) is 3. The number of nitrogens with one attached hydrogen (secondary N) is 1. The molecule has 23 heavy (non-hydrogen) atoms. The van der Waals surface area contributed by atoms with Crippen LogP contribution in [0.2, 0.25) is 0 Å². The van der Waals surface area contributed by atoms with Crippen LogP contribution in [0.3, 0.4) is 0 Å². The molecular formula is C16H9F2IN2OS. The fourth-order valence-electron chi connectivity index (χ4n) is 1.99. The maximum Gasteiger partial charge on any atom is 0.257 e. The molecule has 7 heteroatoms. The number of nitrogens with zero attached hydrogens (tertiary/aromatic N) is 1. The Kier molecular flexibility index (Phi) is 4.67. The molecule has 0 aliphatic carbocycles. The SMILES string of the molecule is O=C(Nc1scnc1-c1ccc(F)cc1)c1cc(F)ccc1I. The van der Waals surface area contributed by atoms with Gasteiger partial charge in [0.05, 0.1) is 11.1 Å². The van der Waals surface area contributed by atoms with Crippen LogP contribution in [0.25, 0.3) is 11.3 Å². The van der Waals surface area contributed by atoms with E-state index >= 15 is 0 Å². The number of anilines is 1. The Hall–Kier alpha value is -1.87. The smallest absolute Gasteiger partial charge is 0.257 e. The lowest BCUT2D eigenvalue weighted by Crippen LogP contribution is -2.13. The van der Waals surface area contributed by atoms with E-state index in [1.165, 1.54) is 35.6 Å². The average molecular weight is 442 g/mol. The molecule has 0 spiro atoms. The monoisotopic (exact) mass is 442 g/mol. The summed E-state index contributed by atoms with van der Waals surface area (Å²) in [6.07, 6.45) is 0. The molecule has 1 amide bonds. The van der Waals surface area contributed by atoms with Crippen LogP contribution in [-0.2, 0) is 0 Å². The number of benzene rings is 2. The molecule has 0 aliphatic heterocycles. The maximum absolute atomic E-state index is 13.3. The molecule has 1 heterocycles. The van der Waals surface area contributed by atoms with Crippen molar-refractivity contribution in [1.82, 2.24) is 4.98 Å². The summed E-state index contributed by atoms with van der Waals surface area (Å²) in [5, 5.41) is 3.27. The van der Waals surface area contributed by atoms with Gasteiger partial charge in [-0.1, -0.05) is 0 Å². The summed E-state index contributed by atoms with van der Waals surface area (Å²) >= 11 is 3.22. The molecule has 116 valence electrons. The lowest BCUT2D eigenvalue weighted by atomic mass is 10.1. The number of hydrogen-bond donors (Lipinski definition) is 1. The number of thiazole rings is 1. The van der Waals surface area contributed by atoms with Gasteiger partial charge in [0.15, 0.2) is 0 Å². The predicted octanol–water partition coefficient (Wildman–Crippen LogP) is 4.95. The van der Waals surface area contributed by atoms with E-state index in [0.29, 0.717) is 19.8 Å². The number of carbonyl (C=O) groups is 1. The van der Waals surface area contributed by atoms with Crippen molar-refractivity contribution in [3.8, 4) is 11.3 Å². The second-order valence-electron chi connectivity index (χ2n) is 4.62. The molecule has 0 atom stereocenters. The molecule has 3 rings (SSSR count). The third-order valence-corrected chi connectivity index (χ3v) is 4.77. The Labute approximate surface area is 148 Å². The summed E-state index contributed by atoms with van der Waals surface area (Å²) in [4.78, 5) is 16.6. The molecule has 3 aromatic rings. The Morgan fingerprint density at radius 2 is 1.78 bits per heavy atom. The zero-order valence-electron chi connectivity index (χ0n) is 11.5. The topological polar surface area (TPSA) is 42.0 Å². The predicted molar refractivity (Wildman–Crippen MR) is 94.6 cm³/mol. The minimum absolute atomic E-state index is 0.254. The number of rotatable bonds is 3. The van der Waals surface area contributed by atoms with Crippen LogP contribution in [0.15, 0.2) is 48.0 Å². The lowest BCUT2D eigenvalue weighted by molar-refractivity contribution is 0.102. The maximum atomic E-state index is 13.3. The summed E-state index contributed by atoms with van der Waals surface area (Å²) in [7, 11) is 0. The molecule has 0 saturated heterocycles. The summed E-state index contributed by atoms with van der Waals surface area (Å²) in [5.74, 6) is -1.23. The molecule has 0 fully saturated rings. The first-order valence-corrected chi connectivity index (χ1v) is 8.46. The van der Waals surface area contributed by atoms with Gasteiger partial charge in [0.2, 0.25) is 0 Å². The zero-order chi connectivity index (χ0) is 16.4. The van der Waals surface area contributed by atoms with Crippen LogP contribution < -0.4 is 5.32 Å². The van der Waals surface area contributed by atoms with Gasteiger partial charge in [0, 0.05) is 9.13 Å². The van der Waals surface area contributed by atoms with Crippen molar-refractivity contribution in [2.75, 3.05) is 5.32 Å². The van der Waals surface area contributed by atoms with Crippen molar-refractivity contribution >= 4 is 44.8 Å². The minimum Gasteiger partial charge on any atom is -0.312 e. The summed E-state index contributed by atoms with van der Waals surface area (Å²) in [5.41, 5.74) is 3.08. The number of amides is 1. The largest absolute Gasteiger partial charge is 0.312 e. The lowest BCUT2D eigenvalue weighted by Gasteiger charge is -2.07. The number of halogens is 3. The second-order valence-corrected chi connectivity index (χ2v) is 6.63. The van der Waals surface area contributed by atoms with E-state index in [4.69, 9.17) is 0 Å². The van der Waals surface area contributed by atoms with E-state index in [0.717, 1.165) is 0 Å². The number of carbonyl (C=O) groups excluding carboxylic acids is 1. The second kappa shape index (κ2) is 6.71. The van der Waals surface area contributed by atoms with Crippen LogP contribution in [-0.4, -0.2) is 10.9 Å². The van der Waals surface area contributed by atoms with E-state index < -0.39 is 11.7 Å². The Morgan fingerprint density at radius 3 is 2.52 bits per heavy atom. The fraction of sp³-hybridized carbons (Fsp3) is 0. The number of aromatic nitrogens is 1. The Bertz CT molecular complexity index is 865. The molecule has 1 N–H and O–H groups in total. The van der Waals surface area contributed by atoms with Gasteiger partial charge in [-0.25, -0.2) is 13.8 Å². The first kappa shape index (κ1) is 16.0. The van der Waals surface area contributed by atoms with E-state index in [1.807, 2.05) is 22.6 Å². The van der Waals surface area contributed by atoms with Crippen molar-refractivity contribution in [2.45, 2.75) is 0 Å². The van der Waals surface area contributed by atoms with Gasteiger partial charge < -0.3 is 5.32 Å². The van der Waals surface area contributed by atoms with Gasteiger partial charge in [-0.05, 0) is 65.1 Å². The highest BCUT2D eigenvalue weighted by molar-refractivity contribution is 14.1. The summed E-state index contributed by atoms with van der Waals surface area (Å²) < 4.78 is 27.0. The van der Waals surface area contributed by atoms with Crippen LogP contribution >= 0.6 is 33.9 Å². The third-order valence-electron chi connectivity index (χ3n) is 3.09. The van der Waals surface area contributed by atoms with Crippen molar-refractivity contribution in [3.63, 3.8) is 0 Å². The normalized spacial score (nSPS) is 10.6. The zero-order valence-corrected chi connectivity index (χ0v) is 14.5. The quantitative estimate of drug-likeness (QED) is 0.584. The van der Waals surface area contributed by atoms with Gasteiger partial charge in [0.1, 0.15) is 22.3 Å². The highest BCUT2D eigenvalue weighted by atomic mass is 127. The van der Waals surface area contributed by atoms with Gasteiger partial charge in [-0.2, -0.15) is 0 Å². The highest BCUT2D eigenvalue weighted by Gasteiger charge is 2.16. The molecule has 0 unspecified atom stereocenters. The van der Waals surface area contributed by atoms with Crippen molar-refractivity contribution < 1.29 is 13.6 Å². The molecule has 2 aromatic carbocycles. The molecule has 0 bridgehead atoms. The summed E-state index contributed by atoms with van der Waals surface area (Å²) in [6.45, 7) is 0. The van der Waals surface area contributed by atoms with E-state index in [2.05, 4.69) is 10.3 Å². The van der Waals surface area contributed by atoms with Crippen molar-refractivity contribution in [2.24, 2.45) is 0 Å². The standard InChI is InChI=1S/C16H9F2IN2OS/c17-10-3-1-9(2-4-10)14-16(23-8-20-14)21-15(22)12-7-11(18)5-6-13(12)19/h1-8H,(H,21,22). The molecule has 1 aromatic heterocycles. The van der Waals surface area contributed by atoms with Crippen molar-refractivity contribution in [3.05, 3.63) is 68.7 Å². The third kappa shape index (κ3) is 3.56. The fourth-order valence-corrected chi connectivity index (χ4v) is 3.27. The summed E-state index contributed by atoms with van der Waals surface area (Å²) in [6, 6.07) is 9.87. The molecule has 0 radical (unpaired) electrons. The van der Waals surface area contributed by atoms with E-state index in [9.17, 15) is 13.6 Å².